The Morgan fingerprint density at radius 2 is 2.08 bits per heavy atom. The second-order valence-corrected chi connectivity index (χ2v) is 3.34. The highest BCUT2D eigenvalue weighted by atomic mass is 16.5. The number of rotatable bonds is 3. The molecule has 0 bridgehead atoms. The van der Waals surface area contributed by atoms with Crippen molar-refractivity contribution in [3.63, 3.8) is 0 Å². The Kier molecular flexibility index (Phi) is 3.53. The molecule has 1 rings (SSSR count). The minimum atomic E-state index is 0.0538. The van der Waals surface area contributed by atoms with Crippen LogP contribution < -0.4 is 0 Å². The molecule has 0 saturated carbocycles. The Labute approximate surface area is 73.7 Å². The van der Waals surface area contributed by atoms with Gasteiger partial charge in [-0.2, -0.15) is 0 Å². The van der Waals surface area contributed by atoms with Crippen LogP contribution in [0.3, 0.4) is 0 Å². The van der Waals surface area contributed by atoms with Gasteiger partial charge in [0.25, 0.3) is 0 Å². The molecular weight excluding hydrogens is 154 g/mol. The Hall–Kier alpha value is -0.570. The summed E-state index contributed by atoms with van der Waals surface area (Å²) in [5.41, 5.74) is 0. The summed E-state index contributed by atoms with van der Waals surface area (Å²) in [5.74, 6) is 0.238. The van der Waals surface area contributed by atoms with Gasteiger partial charge < -0.3 is 9.64 Å². The van der Waals surface area contributed by atoms with Gasteiger partial charge in [0.1, 0.15) is 0 Å². The number of ether oxygens (including phenoxy) is 1. The summed E-state index contributed by atoms with van der Waals surface area (Å²) < 4.78 is 5.03. The number of amides is 1. The zero-order chi connectivity index (χ0) is 8.97. The summed E-state index contributed by atoms with van der Waals surface area (Å²) in [5, 5.41) is 0. The zero-order valence-corrected chi connectivity index (χ0v) is 7.88. The summed E-state index contributed by atoms with van der Waals surface area (Å²) in [6.07, 6.45) is 2.90. The largest absolute Gasteiger partial charge is 0.381 e. The maximum atomic E-state index is 11.5. The van der Waals surface area contributed by atoms with Gasteiger partial charge in [-0.3, -0.25) is 4.79 Å². The second kappa shape index (κ2) is 4.45. The van der Waals surface area contributed by atoms with Gasteiger partial charge in [-0.1, -0.05) is 0 Å². The van der Waals surface area contributed by atoms with Crippen LogP contribution in [0.2, 0.25) is 0 Å². The fraction of sp³-hybridized carbons (Fsp3) is 0.889. The van der Waals surface area contributed by atoms with Crippen LogP contribution in [0.4, 0.5) is 0 Å². The summed E-state index contributed by atoms with van der Waals surface area (Å²) in [6, 6.07) is 0. The quantitative estimate of drug-likeness (QED) is 0.635. The van der Waals surface area contributed by atoms with Crippen molar-refractivity contribution in [3.8, 4) is 0 Å². The molecule has 0 aromatic heterocycles. The van der Waals surface area contributed by atoms with Crippen LogP contribution in [-0.4, -0.2) is 37.1 Å². The van der Waals surface area contributed by atoms with E-state index in [4.69, 9.17) is 4.74 Å². The molecule has 12 heavy (non-hydrogen) atoms. The highest BCUT2D eigenvalue weighted by Crippen LogP contribution is 2.10. The van der Waals surface area contributed by atoms with Gasteiger partial charge in [0.2, 0.25) is 5.91 Å². The summed E-state index contributed by atoms with van der Waals surface area (Å²) in [4.78, 5) is 13.4. The van der Waals surface area contributed by atoms with Crippen LogP contribution in [0.1, 0.15) is 26.2 Å². The highest BCUT2D eigenvalue weighted by Gasteiger charge is 2.19. The third-order valence-corrected chi connectivity index (χ3v) is 2.32. The van der Waals surface area contributed by atoms with Gasteiger partial charge >= 0.3 is 0 Å². The average molecular weight is 171 g/mol. The Balaban J connectivity index is 2.27. The first-order valence-electron chi connectivity index (χ1n) is 4.54. The van der Waals surface area contributed by atoms with Crippen LogP contribution in [0.15, 0.2) is 0 Å². The summed E-state index contributed by atoms with van der Waals surface area (Å²) in [6.45, 7) is 3.80. The van der Waals surface area contributed by atoms with E-state index >= 15 is 0 Å². The number of hydrogen-bond acceptors (Lipinski definition) is 2. The molecule has 3 heteroatoms. The highest BCUT2D eigenvalue weighted by molar-refractivity contribution is 5.76. The molecule has 1 unspecified atom stereocenters. The van der Waals surface area contributed by atoms with E-state index in [1.54, 1.807) is 7.11 Å². The molecule has 1 amide bonds. The molecule has 0 radical (unpaired) electrons. The lowest BCUT2D eigenvalue weighted by Crippen LogP contribution is -2.30. The second-order valence-electron chi connectivity index (χ2n) is 3.34. The lowest BCUT2D eigenvalue weighted by Gasteiger charge is -2.17. The monoisotopic (exact) mass is 171 g/mol. The standard InChI is InChI=1S/C9H17NO2/c1-8(12-2)7-9(11)10-5-3-4-6-10/h8H,3-7H2,1-2H3. The van der Waals surface area contributed by atoms with E-state index in [0.29, 0.717) is 6.42 Å². The van der Waals surface area contributed by atoms with Crippen molar-refractivity contribution in [2.24, 2.45) is 0 Å². The SMILES string of the molecule is COC(C)CC(=O)N1CCCC1. The number of methoxy groups -OCH3 is 1. The molecule has 0 spiro atoms. The first-order valence-corrected chi connectivity index (χ1v) is 4.54. The van der Waals surface area contributed by atoms with E-state index in [-0.39, 0.29) is 12.0 Å². The Morgan fingerprint density at radius 1 is 1.50 bits per heavy atom. The molecule has 1 heterocycles. The molecule has 70 valence electrons. The van der Waals surface area contributed by atoms with Crippen molar-refractivity contribution in [3.05, 3.63) is 0 Å². The minimum absolute atomic E-state index is 0.0538. The van der Waals surface area contributed by atoms with Gasteiger partial charge in [0, 0.05) is 20.2 Å². The van der Waals surface area contributed by atoms with E-state index < -0.39 is 0 Å². The predicted octanol–water partition coefficient (Wildman–Crippen LogP) is 1.03. The molecule has 0 aromatic carbocycles. The van der Waals surface area contributed by atoms with Crippen LogP contribution >= 0.6 is 0 Å². The Bertz CT molecular complexity index is 153. The van der Waals surface area contributed by atoms with Crippen molar-refractivity contribution < 1.29 is 9.53 Å². The van der Waals surface area contributed by atoms with Crippen molar-refractivity contribution in [1.29, 1.82) is 0 Å². The van der Waals surface area contributed by atoms with Gasteiger partial charge in [-0.15, -0.1) is 0 Å². The molecule has 1 fully saturated rings. The maximum Gasteiger partial charge on any atom is 0.225 e. The summed E-state index contributed by atoms with van der Waals surface area (Å²) in [7, 11) is 1.64. The molecule has 0 aliphatic carbocycles. The zero-order valence-electron chi connectivity index (χ0n) is 7.88. The van der Waals surface area contributed by atoms with Gasteiger partial charge in [-0.05, 0) is 19.8 Å². The summed E-state index contributed by atoms with van der Waals surface area (Å²) >= 11 is 0. The normalized spacial score (nSPS) is 19.7. The lowest BCUT2D eigenvalue weighted by atomic mass is 10.2. The van der Waals surface area contributed by atoms with E-state index in [2.05, 4.69) is 0 Å². The lowest BCUT2D eigenvalue weighted by molar-refractivity contribution is -0.132. The van der Waals surface area contributed by atoms with Gasteiger partial charge in [0.15, 0.2) is 0 Å². The van der Waals surface area contributed by atoms with Crippen LogP contribution in [0.25, 0.3) is 0 Å². The molecule has 1 saturated heterocycles. The van der Waals surface area contributed by atoms with Crippen molar-refractivity contribution >= 4 is 5.91 Å². The van der Waals surface area contributed by atoms with Crippen molar-refractivity contribution in [2.75, 3.05) is 20.2 Å². The smallest absolute Gasteiger partial charge is 0.225 e. The molecule has 1 atom stereocenters. The van der Waals surface area contributed by atoms with Gasteiger partial charge in [0.05, 0.1) is 12.5 Å². The molecular formula is C9H17NO2. The van der Waals surface area contributed by atoms with Crippen molar-refractivity contribution in [1.82, 2.24) is 4.90 Å². The number of carbonyl (C=O) groups is 1. The number of likely N-dealkylation sites (tertiary alicyclic amines) is 1. The van der Waals surface area contributed by atoms with Gasteiger partial charge in [-0.25, -0.2) is 0 Å². The first kappa shape index (κ1) is 9.52. The topological polar surface area (TPSA) is 29.5 Å². The minimum Gasteiger partial charge on any atom is -0.381 e. The number of nitrogens with zero attached hydrogens (tertiary/aromatic N) is 1. The van der Waals surface area contributed by atoms with Crippen LogP contribution in [0.5, 0.6) is 0 Å². The van der Waals surface area contributed by atoms with Crippen molar-refractivity contribution in [2.45, 2.75) is 32.3 Å². The molecule has 0 aromatic rings. The predicted molar refractivity (Wildman–Crippen MR) is 46.9 cm³/mol. The Morgan fingerprint density at radius 3 is 2.58 bits per heavy atom. The number of carbonyl (C=O) groups excluding carboxylic acids is 1. The fourth-order valence-corrected chi connectivity index (χ4v) is 1.42. The maximum absolute atomic E-state index is 11.5. The first-order chi connectivity index (χ1) is 5.74. The van der Waals surface area contributed by atoms with E-state index in [1.807, 2.05) is 11.8 Å². The third kappa shape index (κ3) is 2.48. The molecule has 1 aliphatic rings. The third-order valence-electron chi connectivity index (χ3n) is 2.32. The molecule has 1 aliphatic heterocycles. The van der Waals surface area contributed by atoms with E-state index in [9.17, 15) is 4.79 Å². The molecule has 3 nitrogen and oxygen atoms in total. The van der Waals surface area contributed by atoms with Crippen LogP contribution in [-0.2, 0) is 9.53 Å². The fourth-order valence-electron chi connectivity index (χ4n) is 1.42. The van der Waals surface area contributed by atoms with Crippen LogP contribution in [0, 0.1) is 0 Å². The van der Waals surface area contributed by atoms with E-state index in [0.717, 1.165) is 25.9 Å². The average Bonchev–Trinajstić information content (AvgIpc) is 2.56. The molecule has 0 N–H and O–H groups in total. The number of hydrogen-bond donors (Lipinski definition) is 0. The van der Waals surface area contributed by atoms with E-state index in [1.165, 1.54) is 0 Å².